The molecule has 27 heavy (non-hydrogen) atoms. The lowest BCUT2D eigenvalue weighted by molar-refractivity contribution is 0.262. The van der Waals surface area contributed by atoms with Crippen molar-refractivity contribution in [2.75, 3.05) is 17.7 Å². The van der Waals surface area contributed by atoms with Crippen molar-refractivity contribution in [1.82, 2.24) is 0 Å². The first-order valence-electron chi connectivity index (χ1n) is 8.68. The normalized spacial score (nSPS) is 10.3. The van der Waals surface area contributed by atoms with Gasteiger partial charge in [0.15, 0.2) is 0 Å². The summed E-state index contributed by atoms with van der Waals surface area (Å²) in [6, 6.07) is 22.6. The molecule has 5 heteroatoms. The van der Waals surface area contributed by atoms with Crippen molar-refractivity contribution in [3.63, 3.8) is 0 Å². The van der Waals surface area contributed by atoms with Crippen molar-refractivity contribution in [1.29, 1.82) is 0 Å². The standard InChI is InChI=1S/C22H21ClN2O2/c1-27-21-13-7-16(8-14-21)5-6-17-3-2-4-20(15-17)25-22(26)24-19-11-9-18(23)10-12-19/h2-4,7-15H,5-6H2,1H3,(H2,24,25,26). The Labute approximate surface area is 164 Å². The number of benzene rings is 3. The maximum atomic E-state index is 12.2. The fourth-order valence-corrected chi connectivity index (χ4v) is 2.84. The molecule has 2 amide bonds. The van der Waals surface area contributed by atoms with Crippen molar-refractivity contribution in [3.8, 4) is 5.75 Å². The number of carbonyl (C=O) groups is 1. The van der Waals surface area contributed by atoms with Gasteiger partial charge >= 0.3 is 6.03 Å². The molecule has 0 aliphatic heterocycles. The van der Waals surface area contributed by atoms with Gasteiger partial charge in [0.25, 0.3) is 0 Å². The minimum absolute atomic E-state index is 0.287. The molecule has 138 valence electrons. The summed E-state index contributed by atoms with van der Waals surface area (Å²) in [6.07, 6.45) is 1.81. The highest BCUT2D eigenvalue weighted by Gasteiger charge is 2.04. The Morgan fingerprint density at radius 1 is 0.852 bits per heavy atom. The fourth-order valence-electron chi connectivity index (χ4n) is 2.71. The molecule has 0 aliphatic carbocycles. The average molecular weight is 381 g/mol. The number of urea groups is 1. The summed E-state index contributed by atoms with van der Waals surface area (Å²) in [4.78, 5) is 12.2. The number of methoxy groups -OCH3 is 1. The van der Waals surface area contributed by atoms with Crippen LogP contribution in [0, 0.1) is 0 Å². The minimum atomic E-state index is -0.287. The Morgan fingerprint density at radius 2 is 1.52 bits per heavy atom. The van der Waals surface area contributed by atoms with E-state index >= 15 is 0 Å². The van der Waals surface area contributed by atoms with E-state index in [2.05, 4.69) is 28.8 Å². The highest BCUT2D eigenvalue weighted by atomic mass is 35.5. The van der Waals surface area contributed by atoms with Crippen LogP contribution >= 0.6 is 11.6 Å². The first kappa shape index (κ1) is 18.8. The van der Waals surface area contributed by atoms with E-state index in [1.807, 2.05) is 30.3 Å². The van der Waals surface area contributed by atoms with E-state index < -0.39 is 0 Å². The number of anilines is 2. The molecule has 0 heterocycles. The number of amides is 2. The van der Waals surface area contributed by atoms with Gasteiger partial charge in [-0.25, -0.2) is 4.79 Å². The number of hydrogen-bond acceptors (Lipinski definition) is 2. The Bertz CT molecular complexity index is 893. The molecule has 0 aromatic heterocycles. The molecule has 3 aromatic carbocycles. The second kappa shape index (κ2) is 9.10. The number of rotatable bonds is 6. The van der Waals surface area contributed by atoms with Gasteiger partial charge in [0, 0.05) is 16.4 Å². The zero-order chi connectivity index (χ0) is 19.1. The molecule has 0 bridgehead atoms. The molecular weight excluding hydrogens is 360 g/mol. The molecule has 4 nitrogen and oxygen atoms in total. The first-order valence-corrected chi connectivity index (χ1v) is 9.05. The second-order valence-electron chi connectivity index (χ2n) is 6.13. The van der Waals surface area contributed by atoms with Crippen molar-refractivity contribution in [3.05, 3.63) is 88.9 Å². The first-order chi connectivity index (χ1) is 13.1. The van der Waals surface area contributed by atoms with Crippen molar-refractivity contribution >= 4 is 29.0 Å². The predicted octanol–water partition coefficient (Wildman–Crippen LogP) is 5.78. The zero-order valence-corrected chi connectivity index (χ0v) is 15.8. The Balaban J connectivity index is 1.56. The Hall–Kier alpha value is -2.98. The van der Waals surface area contributed by atoms with E-state index in [0.29, 0.717) is 10.7 Å². The zero-order valence-electron chi connectivity index (χ0n) is 15.0. The summed E-state index contributed by atoms with van der Waals surface area (Å²) >= 11 is 5.85. The van der Waals surface area contributed by atoms with E-state index in [0.717, 1.165) is 29.8 Å². The van der Waals surface area contributed by atoms with E-state index in [1.54, 1.807) is 31.4 Å². The van der Waals surface area contributed by atoms with Crippen LogP contribution in [0.3, 0.4) is 0 Å². The molecule has 0 saturated carbocycles. The molecule has 0 spiro atoms. The third-order valence-corrected chi connectivity index (χ3v) is 4.40. The maximum Gasteiger partial charge on any atom is 0.323 e. The number of hydrogen-bond donors (Lipinski definition) is 2. The van der Waals surface area contributed by atoms with E-state index in [1.165, 1.54) is 5.56 Å². The SMILES string of the molecule is COc1ccc(CCc2cccc(NC(=O)Nc3ccc(Cl)cc3)c2)cc1. The lowest BCUT2D eigenvalue weighted by atomic mass is 10.0. The molecule has 0 fully saturated rings. The van der Waals surface area contributed by atoms with Gasteiger partial charge in [-0.3, -0.25) is 0 Å². The van der Waals surface area contributed by atoms with Gasteiger partial charge in [0.2, 0.25) is 0 Å². The monoisotopic (exact) mass is 380 g/mol. The molecular formula is C22H21ClN2O2. The van der Waals surface area contributed by atoms with Crippen LogP contribution in [-0.4, -0.2) is 13.1 Å². The minimum Gasteiger partial charge on any atom is -0.497 e. The van der Waals surface area contributed by atoms with Crippen LogP contribution in [0.4, 0.5) is 16.2 Å². The number of halogens is 1. The Morgan fingerprint density at radius 3 is 2.22 bits per heavy atom. The third kappa shape index (κ3) is 5.76. The quantitative estimate of drug-likeness (QED) is 0.569. The van der Waals surface area contributed by atoms with Crippen LogP contribution in [0.15, 0.2) is 72.8 Å². The molecule has 0 saturated heterocycles. The maximum absolute atomic E-state index is 12.2. The topological polar surface area (TPSA) is 50.4 Å². The van der Waals surface area contributed by atoms with Gasteiger partial charge in [-0.15, -0.1) is 0 Å². The summed E-state index contributed by atoms with van der Waals surface area (Å²) in [6.45, 7) is 0. The largest absolute Gasteiger partial charge is 0.497 e. The lowest BCUT2D eigenvalue weighted by Crippen LogP contribution is -2.19. The van der Waals surface area contributed by atoms with E-state index in [4.69, 9.17) is 16.3 Å². The van der Waals surface area contributed by atoms with Gasteiger partial charge in [-0.05, 0) is 72.5 Å². The van der Waals surface area contributed by atoms with Crippen LogP contribution in [-0.2, 0) is 12.8 Å². The van der Waals surface area contributed by atoms with Gasteiger partial charge in [0.05, 0.1) is 7.11 Å². The van der Waals surface area contributed by atoms with Crippen LogP contribution < -0.4 is 15.4 Å². The predicted molar refractivity (Wildman–Crippen MR) is 111 cm³/mol. The number of ether oxygens (including phenoxy) is 1. The van der Waals surface area contributed by atoms with Gasteiger partial charge < -0.3 is 15.4 Å². The van der Waals surface area contributed by atoms with Crippen molar-refractivity contribution in [2.45, 2.75) is 12.8 Å². The van der Waals surface area contributed by atoms with Crippen molar-refractivity contribution < 1.29 is 9.53 Å². The molecule has 3 rings (SSSR count). The van der Waals surface area contributed by atoms with Crippen molar-refractivity contribution in [2.24, 2.45) is 0 Å². The summed E-state index contributed by atoms with van der Waals surface area (Å²) in [7, 11) is 1.66. The smallest absolute Gasteiger partial charge is 0.323 e. The second-order valence-corrected chi connectivity index (χ2v) is 6.57. The molecule has 0 aliphatic rings. The molecule has 3 aromatic rings. The van der Waals surface area contributed by atoms with Crippen LogP contribution in [0.1, 0.15) is 11.1 Å². The molecule has 0 atom stereocenters. The summed E-state index contributed by atoms with van der Waals surface area (Å²) in [5.41, 5.74) is 3.85. The Kier molecular flexibility index (Phi) is 6.34. The number of carbonyl (C=O) groups excluding carboxylic acids is 1. The van der Waals surface area contributed by atoms with Gasteiger partial charge in [0.1, 0.15) is 5.75 Å². The summed E-state index contributed by atoms with van der Waals surface area (Å²) in [5.74, 6) is 0.858. The lowest BCUT2D eigenvalue weighted by Gasteiger charge is -2.09. The highest BCUT2D eigenvalue weighted by molar-refractivity contribution is 6.30. The van der Waals surface area contributed by atoms with E-state index in [-0.39, 0.29) is 6.03 Å². The third-order valence-electron chi connectivity index (χ3n) is 4.15. The molecule has 2 N–H and O–H groups in total. The molecule has 0 unspecified atom stereocenters. The summed E-state index contributed by atoms with van der Waals surface area (Å²) in [5, 5.41) is 6.27. The van der Waals surface area contributed by atoms with Crippen LogP contribution in [0.2, 0.25) is 5.02 Å². The fraction of sp³-hybridized carbons (Fsp3) is 0.136. The van der Waals surface area contributed by atoms with Gasteiger partial charge in [-0.2, -0.15) is 0 Å². The van der Waals surface area contributed by atoms with Crippen LogP contribution in [0.25, 0.3) is 0 Å². The average Bonchev–Trinajstić information content (AvgIpc) is 2.69. The number of aryl methyl sites for hydroxylation is 2. The number of nitrogens with one attached hydrogen (secondary N) is 2. The molecule has 0 radical (unpaired) electrons. The van der Waals surface area contributed by atoms with Gasteiger partial charge in [-0.1, -0.05) is 35.9 Å². The highest BCUT2D eigenvalue weighted by Crippen LogP contribution is 2.17. The van der Waals surface area contributed by atoms with E-state index in [9.17, 15) is 4.79 Å². The van der Waals surface area contributed by atoms with Crippen LogP contribution in [0.5, 0.6) is 5.75 Å². The summed E-state index contributed by atoms with van der Waals surface area (Å²) < 4.78 is 5.18.